The van der Waals surface area contributed by atoms with Crippen LogP contribution < -0.4 is 0 Å². The molecule has 0 bridgehead atoms. The number of carbonyl (C=O) groups is 1. The lowest BCUT2D eigenvalue weighted by atomic mass is 10.1. The molecule has 1 aliphatic rings. The van der Waals surface area contributed by atoms with Crippen LogP contribution in [0.5, 0.6) is 0 Å². The third-order valence-electron chi connectivity index (χ3n) is 1.66. The summed E-state index contributed by atoms with van der Waals surface area (Å²) in [6.07, 6.45) is 10.7. The van der Waals surface area contributed by atoms with Crippen LogP contribution in [0.25, 0.3) is 0 Å². The van der Waals surface area contributed by atoms with Gasteiger partial charge in [-0.2, -0.15) is 0 Å². The Bertz CT molecular complexity index is 117. The molecule has 0 aromatic rings. The average molecular weight is 154 g/mol. The largest absolute Gasteiger partial charge is 0.300 e. The van der Waals surface area contributed by atoms with Gasteiger partial charge < -0.3 is 4.79 Å². The van der Waals surface area contributed by atoms with Gasteiger partial charge in [-0.1, -0.05) is 19.1 Å². The second kappa shape index (κ2) is 7.52. The van der Waals surface area contributed by atoms with E-state index in [2.05, 4.69) is 12.2 Å². The van der Waals surface area contributed by atoms with Crippen LogP contribution in [0.4, 0.5) is 0 Å². The predicted octanol–water partition coefficient (Wildman–Crippen LogP) is 3.10. The van der Waals surface area contributed by atoms with E-state index in [-0.39, 0.29) is 5.78 Å². The van der Waals surface area contributed by atoms with E-state index in [1.165, 1.54) is 25.7 Å². The molecule has 0 radical (unpaired) electrons. The lowest BCUT2D eigenvalue weighted by Crippen LogP contribution is -1.80. The molecule has 0 N–H and O–H groups in total. The fourth-order valence-electron chi connectivity index (χ4n) is 0.760. The number of ketones is 1. The highest BCUT2D eigenvalue weighted by atomic mass is 16.1. The number of allylic oxidation sites excluding steroid dienone is 2. The summed E-state index contributed by atoms with van der Waals surface area (Å²) < 4.78 is 0. The zero-order valence-corrected chi connectivity index (χ0v) is 7.60. The summed E-state index contributed by atoms with van der Waals surface area (Å²) in [7, 11) is 0. The van der Waals surface area contributed by atoms with Gasteiger partial charge in [0.25, 0.3) is 0 Å². The van der Waals surface area contributed by atoms with Crippen molar-refractivity contribution >= 4 is 5.78 Å². The van der Waals surface area contributed by atoms with Crippen LogP contribution >= 0.6 is 0 Å². The molecule has 0 atom stereocenters. The van der Waals surface area contributed by atoms with Gasteiger partial charge >= 0.3 is 0 Å². The Balaban J connectivity index is 0.000000187. The fourth-order valence-corrected chi connectivity index (χ4v) is 0.760. The summed E-state index contributed by atoms with van der Waals surface area (Å²) in [5.74, 6) is 0.255. The summed E-state index contributed by atoms with van der Waals surface area (Å²) in [6.45, 7) is 3.43. The standard InChI is InChI=1S/C6H10.C4H8O/c1-2-4-6-5-3-1;1-3-4(2)5/h1-2H,3-6H2;3H2,1-2H3. The highest BCUT2D eigenvalue weighted by Crippen LogP contribution is 2.07. The van der Waals surface area contributed by atoms with Crippen LogP contribution in [0.3, 0.4) is 0 Å². The van der Waals surface area contributed by atoms with Crippen molar-refractivity contribution in [1.29, 1.82) is 0 Å². The van der Waals surface area contributed by atoms with Crippen molar-refractivity contribution in [3.8, 4) is 0 Å². The number of carbonyl (C=O) groups excluding carboxylic acids is 1. The van der Waals surface area contributed by atoms with Crippen LogP contribution in [0.15, 0.2) is 12.2 Å². The summed E-state index contributed by atoms with van der Waals surface area (Å²) in [5, 5.41) is 0. The predicted molar refractivity (Wildman–Crippen MR) is 48.6 cm³/mol. The average Bonchev–Trinajstić information content (AvgIpc) is 2.09. The molecule has 0 heterocycles. The van der Waals surface area contributed by atoms with Gasteiger partial charge in [0.1, 0.15) is 5.78 Å². The van der Waals surface area contributed by atoms with Gasteiger partial charge in [-0.15, -0.1) is 0 Å². The first-order valence-corrected chi connectivity index (χ1v) is 4.41. The van der Waals surface area contributed by atoms with E-state index >= 15 is 0 Å². The zero-order chi connectivity index (χ0) is 8.53. The Kier molecular flexibility index (Phi) is 7.11. The van der Waals surface area contributed by atoms with Crippen LogP contribution in [0.2, 0.25) is 0 Å². The molecule has 1 heteroatoms. The molecule has 1 aliphatic carbocycles. The Morgan fingerprint density at radius 3 is 1.73 bits per heavy atom. The molecule has 0 amide bonds. The Hall–Kier alpha value is -0.590. The molecule has 0 saturated heterocycles. The maximum absolute atomic E-state index is 9.81. The molecule has 0 unspecified atom stereocenters. The highest BCUT2D eigenvalue weighted by molar-refractivity contribution is 5.74. The maximum atomic E-state index is 9.81. The first-order chi connectivity index (χ1) is 5.27. The molecular formula is C10H18O. The van der Waals surface area contributed by atoms with Crippen molar-refractivity contribution in [3.05, 3.63) is 12.2 Å². The minimum Gasteiger partial charge on any atom is -0.300 e. The smallest absolute Gasteiger partial charge is 0.129 e. The van der Waals surface area contributed by atoms with Crippen molar-refractivity contribution in [1.82, 2.24) is 0 Å². The molecule has 64 valence electrons. The summed E-state index contributed by atoms with van der Waals surface area (Å²) >= 11 is 0. The molecule has 0 aliphatic heterocycles. The first kappa shape index (κ1) is 10.4. The Labute approximate surface area is 69.5 Å². The molecule has 0 spiro atoms. The van der Waals surface area contributed by atoms with Crippen molar-refractivity contribution in [2.75, 3.05) is 0 Å². The normalized spacial score (nSPS) is 15.1. The lowest BCUT2D eigenvalue weighted by molar-refractivity contribution is -0.116. The van der Waals surface area contributed by atoms with Gasteiger partial charge in [0, 0.05) is 6.42 Å². The van der Waals surface area contributed by atoms with E-state index in [1.807, 2.05) is 6.92 Å². The highest BCUT2D eigenvalue weighted by Gasteiger charge is 1.87. The van der Waals surface area contributed by atoms with E-state index in [1.54, 1.807) is 6.92 Å². The molecule has 1 rings (SSSR count). The van der Waals surface area contributed by atoms with Crippen LogP contribution in [0, 0.1) is 0 Å². The lowest BCUT2D eigenvalue weighted by Gasteiger charge is -1.97. The molecule has 0 saturated carbocycles. The van der Waals surface area contributed by atoms with Crippen molar-refractivity contribution in [2.45, 2.75) is 46.0 Å². The molecule has 11 heavy (non-hydrogen) atoms. The van der Waals surface area contributed by atoms with Crippen LogP contribution in [-0.4, -0.2) is 5.78 Å². The number of hydrogen-bond donors (Lipinski definition) is 0. The van der Waals surface area contributed by atoms with E-state index in [0.717, 1.165) is 0 Å². The van der Waals surface area contributed by atoms with Gasteiger partial charge in [-0.05, 0) is 32.6 Å². The topological polar surface area (TPSA) is 17.1 Å². The zero-order valence-electron chi connectivity index (χ0n) is 7.60. The fraction of sp³-hybridized carbons (Fsp3) is 0.700. The number of rotatable bonds is 1. The molecule has 1 nitrogen and oxygen atoms in total. The van der Waals surface area contributed by atoms with Crippen molar-refractivity contribution < 1.29 is 4.79 Å². The third kappa shape index (κ3) is 9.41. The Morgan fingerprint density at radius 1 is 1.27 bits per heavy atom. The molecular weight excluding hydrogens is 136 g/mol. The van der Waals surface area contributed by atoms with Gasteiger partial charge in [0.15, 0.2) is 0 Å². The van der Waals surface area contributed by atoms with Crippen LogP contribution in [0.1, 0.15) is 46.0 Å². The van der Waals surface area contributed by atoms with Gasteiger partial charge in [0.2, 0.25) is 0 Å². The van der Waals surface area contributed by atoms with Gasteiger partial charge in [-0.25, -0.2) is 0 Å². The molecule has 0 aromatic heterocycles. The second-order valence-electron chi connectivity index (χ2n) is 2.81. The monoisotopic (exact) mass is 154 g/mol. The summed E-state index contributed by atoms with van der Waals surface area (Å²) in [5.41, 5.74) is 0. The molecule has 0 aromatic carbocycles. The van der Waals surface area contributed by atoms with Crippen LogP contribution in [-0.2, 0) is 4.79 Å². The second-order valence-corrected chi connectivity index (χ2v) is 2.81. The minimum atomic E-state index is 0.255. The maximum Gasteiger partial charge on any atom is 0.129 e. The van der Waals surface area contributed by atoms with Gasteiger partial charge in [0.05, 0.1) is 0 Å². The quantitative estimate of drug-likeness (QED) is 0.530. The van der Waals surface area contributed by atoms with E-state index in [0.29, 0.717) is 6.42 Å². The number of hydrogen-bond acceptors (Lipinski definition) is 1. The summed E-state index contributed by atoms with van der Waals surface area (Å²) in [6, 6.07) is 0. The Morgan fingerprint density at radius 2 is 1.64 bits per heavy atom. The van der Waals surface area contributed by atoms with E-state index < -0.39 is 0 Å². The first-order valence-electron chi connectivity index (χ1n) is 4.41. The van der Waals surface area contributed by atoms with E-state index in [4.69, 9.17) is 0 Å². The number of Topliss-reactive ketones (excluding diaryl/α,β-unsaturated/α-hetero) is 1. The summed E-state index contributed by atoms with van der Waals surface area (Å²) in [4.78, 5) is 9.81. The minimum absolute atomic E-state index is 0.255. The van der Waals surface area contributed by atoms with E-state index in [9.17, 15) is 4.79 Å². The third-order valence-corrected chi connectivity index (χ3v) is 1.66. The SMILES string of the molecule is C1=CCCCC1.CCC(C)=O. The molecule has 0 fully saturated rings. The van der Waals surface area contributed by atoms with Gasteiger partial charge in [-0.3, -0.25) is 0 Å². The van der Waals surface area contributed by atoms with Crippen molar-refractivity contribution in [3.63, 3.8) is 0 Å². The van der Waals surface area contributed by atoms with Crippen molar-refractivity contribution in [2.24, 2.45) is 0 Å².